The molecule has 1 aromatic carbocycles. The molecule has 1 amide bonds. The number of hydrogen-bond donors (Lipinski definition) is 2. The number of fused-ring (bicyclic) bond motifs is 1. The van der Waals surface area contributed by atoms with Gasteiger partial charge in [0, 0.05) is 24.7 Å². The predicted octanol–water partition coefficient (Wildman–Crippen LogP) is 1.84. The predicted molar refractivity (Wildman–Crippen MR) is 104 cm³/mol. The van der Waals surface area contributed by atoms with Crippen molar-refractivity contribution < 1.29 is 13.2 Å². The Morgan fingerprint density at radius 2 is 1.96 bits per heavy atom. The standard InChI is InChI=1S/C19H25N3O4S/c1-13-5-3-4-6-16(13)20-19(24)12-22(2)27(25,26)15-8-9-17-14(11-15)7-10-18(23)21-17/h7-11,13,16H,3-6,12H2,1-2H3,(H,20,24)(H,21,23). The Hall–Kier alpha value is -2.19. The molecule has 1 heterocycles. The Morgan fingerprint density at radius 3 is 2.70 bits per heavy atom. The summed E-state index contributed by atoms with van der Waals surface area (Å²) < 4.78 is 26.7. The maximum absolute atomic E-state index is 12.8. The summed E-state index contributed by atoms with van der Waals surface area (Å²) in [6, 6.07) is 7.52. The average molecular weight is 391 g/mol. The maximum Gasteiger partial charge on any atom is 0.248 e. The van der Waals surface area contributed by atoms with Gasteiger partial charge in [-0.15, -0.1) is 0 Å². The van der Waals surface area contributed by atoms with E-state index in [-0.39, 0.29) is 28.9 Å². The maximum atomic E-state index is 12.8. The van der Waals surface area contributed by atoms with Gasteiger partial charge in [-0.25, -0.2) is 8.42 Å². The van der Waals surface area contributed by atoms with Crippen LogP contribution in [0.4, 0.5) is 0 Å². The molecule has 2 unspecified atom stereocenters. The van der Waals surface area contributed by atoms with Gasteiger partial charge >= 0.3 is 0 Å². The molecular formula is C19H25N3O4S. The Balaban J connectivity index is 1.73. The van der Waals surface area contributed by atoms with E-state index in [1.165, 1.54) is 31.7 Å². The van der Waals surface area contributed by atoms with Gasteiger partial charge < -0.3 is 10.3 Å². The monoisotopic (exact) mass is 391 g/mol. The molecule has 3 rings (SSSR count). The van der Waals surface area contributed by atoms with Gasteiger partial charge in [0.15, 0.2) is 0 Å². The highest BCUT2D eigenvalue weighted by molar-refractivity contribution is 7.89. The fourth-order valence-electron chi connectivity index (χ4n) is 3.54. The highest BCUT2D eigenvalue weighted by Gasteiger charge is 2.26. The molecule has 1 aromatic heterocycles. The average Bonchev–Trinajstić information content (AvgIpc) is 2.63. The molecule has 2 aromatic rings. The molecule has 1 saturated carbocycles. The minimum atomic E-state index is -3.81. The van der Waals surface area contributed by atoms with Crippen LogP contribution in [-0.4, -0.2) is 43.2 Å². The molecule has 2 N–H and O–H groups in total. The van der Waals surface area contributed by atoms with Crippen LogP contribution in [-0.2, 0) is 14.8 Å². The highest BCUT2D eigenvalue weighted by Crippen LogP contribution is 2.24. The fraction of sp³-hybridized carbons (Fsp3) is 0.474. The molecule has 0 saturated heterocycles. The molecule has 146 valence electrons. The lowest BCUT2D eigenvalue weighted by Gasteiger charge is -2.30. The third-order valence-corrected chi connectivity index (χ3v) is 7.03. The van der Waals surface area contributed by atoms with E-state index in [4.69, 9.17) is 0 Å². The number of benzene rings is 1. The summed E-state index contributed by atoms with van der Waals surface area (Å²) in [6.45, 7) is 1.89. The van der Waals surface area contributed by atoms with Crippen LogP contribution in [0.25, 0.3) is 10.9 Å². The van der Waals surface area contributed by atoms with Gasteiger partial charge in [-0.2, -0.15) is 4.31 Å². The van der Waals surface area contributed by atoms with Crippen LogP contribution in [0.2, 0.25) is 0 Å². The molecule has 0 radical (unpaired) electrons. The number of nitrogens with one attached hydrogen (secondary N) is 2. The number of rotatable bonds is 5. The number of carbonyl (C=O) groups excluding carboxylic acids is 1. The molecule has 2 atom stereocenters. The number of amides is 1. The zero-order chi connectivity index (χ0) is 19.6. The number of sulfonamides is 1. The number of carbonyl (C=O) groups is 1. The molecule has 1 fully saturated rings. The molecule has 0 aliphatic heterocycles. The summed E-state index contributed by atoms with van der Waals surface area (Å²) in [5, 5.41) is 3.59. The van der Waals surface area contributed by atoms with Crippen molar-refractivity contribution in [2.75, 3.05) is 13.6 Å². The van der Waals surface area contributed by atoms with Crippen molar-refractivity contribution in [2.24, 2.45) is 5.92 Å². The van der Waals surface area contributed by atoms with Crippen molar-refractivity contribution in [3.8, 4) is 0 Å². The number of nitrogens with zero attached hydrogens (tertiary/aromatic N) is 1. The Bertz CT molecular complexity index is 999. The number of H-pyrrole nitrogens is 1. The van der Waals surface area contributed by atoms with E-state index in [2.05, 4.69) is 17.2 Å². The molecule has 7 nitrogen and oxygen atoms in total. The molecule has 1 aliphatic rings. The van der Waals surface area contributed by atoms with Gasteiger partial charge in [0.25, 0.3) is 0 Å². The zero-order valence-electron chi connectivity index (χ0n) is 15.6. The van der Waals surface area contributed by atoms with Gasteiger partial charge in [0.05, 0.1) is 11.4 Å². The lowest BCUT2D eigenvalue weighted by molar-refractivity contribution is -0.122. The van der Waals surface area contributed by atoms with Crippen LogP contribution in [0.1, 0.15) is 32.6 Å². The van der Waals surface area contributed by atoms with Crippen LogP contribution in [0.15, 0.2) is 40.0 Å². The largest absolute Gasteiger partial charge is 0.352 e. The van der Waals surface area contributed by atoms with Crippen LogP contribution >= 0.6 is 0 Å². The SMILES string of the molecule is CC1CCCCC1NC(=O)CN(C)S(=O)(=O)c1ccc2[nH]c(=O)ccc2c1. The third-order valence-electron chi connectivity index (χ3n) is 5.23. The van der Waals surface area contributed by atoms with Crippen LogP contribution in [0, 0.1) is 5.92 Å². The second-order valence-electron chi connectivity index (χ2n) is 7.27. The lowest BCUT2D eigenvalue weighted by atomic mass is 9.86. The van der Waals surface area contributed by atoms with Gasteiger partial charge in [-0.1, -0.05) is 19.8 Å². The lowest BCUT2D eigenvalue weighted by Crippen LogP contribution is -2.46. The van der Waals surface area contributed by atoms with Gasteiger partial charge in [0.1, 0.15) is 0 Å². The number of hydrogen-bond acceptors (Lipinski definition) is 4. The van der Waals surface area contributed by atoms with Crippen molar-refractivity contribution >= 4 is 26.8 Å². The minimum absolute atomic E-state index is 0.0865. The van der Waals surface area contributed by atoms with E-state index >= 15 is 0 Å². The summed E-state index contributed by atoms with van der Waals surface area (Å²) in [6.07, 6.45) is 4.28. The molecular weight excluding hydrogens is 366 g/mol. The molecule has 0 bridgehead atoms. The normalized spacial score (nSPS) is 20.7. The second-order valence-corrected chi connectivity index (χ2v) is 9.31. The number of pyridine rings is 1. The Morgan fingerprint density at radius 1 is 1.22 bits per heavy atom. The summed E-state index contributed by atoms with van der Waals surface area (Å²) in [4.78, 5) is 26.4. The summed E-state index contributed by atoms with van der Waals surface area (Å²) in [5.41, 5.74) is 0.317. The molecule has 0 spiro atoms. The van der Waals surface area contributed by atoms with Gasteiger partial charge in [0.2, 0.25) is 21.5 Å². The van der Waals surface area contributed by atoms with Crippen molar-refractivity contribution in [1.82, 2.24) is 14.6 Å². The fourth-order valence-corrected chi connectivity index (χ4v) is 4.71. The summed E-state index contributed by atoms with van der Waals surface area (Å²) in [5.74, 6) is 0.122. The number of likely N-dealkylation sites (N-methyl/N-ethyl adjacent to an activating group) is 1. The molecule has 8 heteroatoms. The van der Waals surface area contributed by atoms with Gasteiger partial charge in [-0.05, 0) is 48.4 Å². The summed E-state index contributed by atoms with van der Waals surface area (Å²) >= 11 is 0. The van der Waals surface area contributed by atoms with Crippen LogP contribution < -0.4 is 10.9 Å². The molecule has 1 aliphatic carbocycles. The smallest absolute Gasteiger partial charge is 0.248 e. The van der Waals surface area contributed by atoms with E-state index < -0.39 is 10.0 Å². The van der Waals surface area contributed by atoms with E-state index in [0.717, 1.165) is 23.6 Å². The van der Waals surface area contributed by atoms with Crippen molar-refractivity contribution in [3.05, 3.63) is 40.7 Å². The first-order chi connectivity index (χ1) is 12.8. The van der Waals surface area contributed by atoms with Crippen molar-refractivity contribution in [1.29, 1.82) is 0 Å². The quantitative estimate of drug-likeness (QED) is 0.812. The van der Waals surface area contributed by atoms with Crippen molar-refractivity contribution in [2.45, 2.75) is 43.5 Å². The first kappa shape index (κ1) is 19.6. The minimum Gasteiger partial charge on any atom is -0.352 e. The van der Waals surface area contributed by atoms with Crippen LogP contribution in [0.5, 0.6) is 0 Å². The zero-order valence-corrected chi connectivity index (χ0v) is 16.4. The van der Waals surface area contributed by atoms with E-state index in [0.29, 0.717) is 16.8 Å². The topological polar surface area (TPSA) is 99.3 Å². The Kier molecular flexibility index (Phi) is 5.67. The van der Waals surface area contributed by atoms with E-state index in [1.54, 1.807) is 12.1 Å². The van der Waals surface area contributed by atoms with E-state index in [9.17, 15) is 18.0 Å². The van der Waals surface area contributed by atoms with E-state index in [1.807, 2.05) is 0 Å². The molecule has 27 heavy (non-hydrogen) atoms. The first-order valence-electron chi connectivity index (χ1n) is 9.16. The van der Waals surface area contributed by atoms with Gasteiger partial charge in [-0.3, -0.25) is 9.59 Å². The first-order valence-corrected chi connectivity index (χ1v) is 10.6. The Labute approximate surface area is 158 Å². The summed E-state index contributed by atoms with van der Waals surface area (Å²) in [7, 11) is -2.41. The second kappa shape index (κ2) is 7.82. The third kappa shape index (κ3) is 4.39. The highest BCUT2D eigenvalue weighted by atomic mass is 32.2. The van der Waals surface area contributed by atoms with Crippen LogP contribution in [0.3, 0.4) is 0 Å². The number of aromatic nitrogens is 1. The van der Waals surface area contributed by atoms with Crippen molar-refractivity contribution in [3.63, 3.8) is 0 Å². The number of aromatic amines is 1.